The number of rotatable bonds is 11. The van der Waals surface area contributed by atoms with E-state index >= 15 is 0 Å². The van der Waals surface area contributed by atoms with Crippen LogP contribution < -0.4 is 5.56 Å². The number of alkyl halides is 1. The summed E-state index contributed by atoms with van der Waals surface area (Å²) in [5.41, 5.74) is -1.80. The molecule has 1 saturated heterocycles. The normalized spacial score (nSPS) is 27.9. The Morgan fingerprint density at radius 1 is 1.37 bits per heavy atom. The Bertz CT molecular complexity index is 697. The minimum Gasteiger partial charge on any atom is -0.386 e. The molecule has 1 aliphatic rings. The van der Waals surface area contributed by atoms with Crippen LogP contribution in [0, 0.1) is 4.77 Å². The summed E-state index contributed by atoms with van der Waals surface area (Å²) in [6, 6.07) is 1.27. The molecule has 2 heterocycles. The van der Waals surface area contributed by atoms with Gasteiger partial charge in [-0.3, -0.25) is 14.3 Å². The van der Waals surface area contributed by atoms with Crippen molar-refractivity contribution in [3.05, 3.63) is 27.4 Å². The number of H-pyrrole nitrogens is 1. The zero-order valence-electron chi connectivity index (χ0n) is 15.9. The van der Waals surface area contributed by atoms with E-state index in [0.29, 0.717) is 13.2 Å². The molecule has 0 bridgehead atoms. The molecule has 0 aliphatic carbocycles. The number of unbranched alkanes of at least 4 members (excludes halogenated alkanes) is 2. The molecule has 0 radical (unpaired) electrons. The first kappa shape index (κ1) is 22.2. The highest BCUT2D eigenvalue weighted by atomic mass is 32.1. The van der Waals surface area contributed by atoms with Crippen molar-refractivity contribution < 1.29 is 23.7 Å². The van der Waals surface area contributed by atoms with Crippen molar-refractivity contribution in [2.24, 2.45) is 0 Å². The number of halogens is 1. The molecule has 4 atom stereocenters. The summed E-state index contributed by atoms with van der Waals surface area (Å²) >= 11 is 5.16. The van der Waals surface area contributed by atoms with E-state index in [0.717, 1.165) is 25.7 Å². The van der Waals surface area contributed by atoms with Crippen molar-refractivity contribution in [3.63, 3.8) is 0 Å². The Balaban J connectivity index is 2.27. The molecule has 0 spiro atoms. The zero-order chi connectivity index (χ0) is 19.9. The van der Waals surface area contributed by atoms with Crippen LogP contribution in [0.4, 0.5) is 4.39 Å². The Kier molecular flexibility index (Phi) is 8.56. The number of aliphatic hydroxyl groups is 1. The maximum atomic E-state index is 14.2. The highest BCUT2D eigenvalue weighted by Crippen LogP contribution is 2.40. The van der Waals surface area contributed by atoms with Gasteiger partial charge in [-0.2, -0.15) is 0 Å². The second-order valence-electron chi connectivity index (χ2n) is 6.77. The number of ether oxygens (including phenoxy) is 3. The summed E-state index contributed by atoms with van der Waals surface area (Å²) in [5.74, 6) is 0. The maximum absolute atomic E-state index is 14.2. The molecular formula is C18H29FN2O5S. The number of aromatic amines is 1. The van der Waals surface area contributed by atoms with Crippen LogP contribution in [0.2, 0.25) is 0 Å². The van der Waals surface area contributed by atoms with Gasteiger partial charge in [-0.05, 0) is 25.1 Å². The first-order chi connectivity index (χ1) is 13.0. The number of hydrogen-bond donors (Lipinski definition) is 2. The Labute approximate surface area is 163 Å². The van der Waals surface area contributed by atoms with Crippen LogP contribution in [0.5, 0.6) is 0 Å². The standard InChI is InChI=1S/C18H29FN2O5S/c1-3-5-9-24-12-18(11-19)15(25-10-6-4-2)14(23)16(26-18)21-8-7-13(22)20-17(21)27/h7-8,14-16,23H,3-6,9-12H2,1-2H3,(H,20,22,27)/t14?,15-,16+,18+/m0/s1. The fourth-order valence-electron chi connectivity index (χ4n) is 3.05. The highest BCUT2D eigenvalue weighted by molar-refractivity contribution is 7.71. The van der Waals surface area contributed by atoms with E-state index < -0.39 is 30.7 Å². The van der Waals surface area contributed by atoms with Crippen molar-refractivity contribution >= 4 is 12.2 Å². The topological polar surface area (TPSA) is 85.7 Å². The van der Waals surface area contributed by atoms with Crippen LogP contribution in [0.3, 0.4) is 0 Å². The van der Waals surface area contributed by atoms with E-state index in [4.69, 9.17) is 26.4 Å². The quantitative estimate of drug-likeness (QED) is 0.435. The minimum atomic E-state index is -1.43. The Hall–Kier alpha value is -1.13. The molecule has 7 nitrogen and oxygen atoms in total. The molecule has 0 amide bonds. The van der Waals surface area contributed by atoms with E-state index in [1.165, 1.54) is 16.8 Å². The number of aromatic nitrogens is 2. The lowest BCUT2D eigenvalue weighted by Gasteiger charge is -2.31. The van der Waals surface area contributed by atoms with E-state index in [1.807, 2.05) is 13.8 Å². The smallest absolute Gasteiger partial charge is 0.251 e. The molecule has 0 aromatic carbocycles. The first-order valence-electron chi connectivity index (χ1n) is 9.41. The Morgan fingerprint density at radius 3 is 2.70 bits per heavy atom. The van der Waals surface area contributed by atoms with Gasteiger partial charge in [0.05, 0.1) is 6.61 Å². The summed E-state index contributed by atoms with van der Waals surface area (Å²) in [6.07, 6.45) is 1.87. The predicted molar refractivity (Wildman–Crippen MR) is 101 cm³/mol. The van der Waals surface area contributed by atoms with Gasteiger partial charge in [0.25, 0.3) is 5.56 Å². The van der Waals surface area contributed by atoms with Crippen molar-refractivity contribution in [1.29, 1.82) is 0 Å². The molecule has 9 heteroatoms. The zero-order valence-corrected chi connectivity index (χ0v) is 16.7. The van der Waals surface area contributed by atoms with Crippen LogP contribution in [-0.2, 0) is 14.2 Å². The third-order valence-electron chi connectivity index (χ3n) is 4.61. The molecule has 1 unspecified atom stereocenters. The van der Waals surface area contributed by atoms with E-state index in [1.54, 1.807) is 0 Å². The lowest BCUT2D eigenvalue weighted by Crippen LogP contribution is -2.50. The number of hydrogen-bond acceptors (Lipinski definition) is 6. The van der Waals surface area contributed by atoms with Gasteiger partial charge in [-0.15, -0.1) is 0 Å². The summed E-state index contributed by atoms with van der Waals surface area (Å²) in [7, 11) is 0. The Morgan fingerprint density at radius 2 is 2.07 bits per heavy atom. The van der Waals surface area contributed by atoms with Gasteiger partial charge < -0.3 is 19.3 Å². The van der Waals surface area contributed by atoms with Gasteiger partial charge in [-0.1, -0.05) is 26.7 Å². The van der Waals surface area contributed by atoms with Crippen LogP contribution in [0.25, 0.3) is 0 Å². The molecule has 0 saturated carbocycles. The van der Waals surface area contributed by atoms with Gasteiger partial charge in [0, 0.05) is 25.5 Å². The van der Waals surface area contributed by atoms with E-state index in [2.05, 4.69) is 4.98 Å². The first-order valence-corrected chi connectivity index (χ1v) is 9.82. The molecule has 2 rings (SSSR count). The summed E-state index contributed by atoms with van der Waals surface area (Å²) < 4.78 is 33.0. The maximum Gasteiger partial charge on any atom is 0.251 e. The summed E-state index contributed by atoms with van der Waals surface area (Å²) in [6.45, 7) is 3.99. The largest absolute Gasteiger partial charge is 0.386 e. The molecule has 1 aromatic heterocycles. The second kappa shape index (κ2) is 10.4. The third-order valence-corrected chi connectivity index (χ3v) is 4.92. The summed E-state index contributed by atoms with van der Waals surface area (Å²) in [4.78, 5) is 13.9. The van der Waals surface area contributed by atoms with Crippen molar-refractivity contribution in [3.8, 4) is 0 Å². The fourth-order valence-corrected chi connectivity index (χ4v) is 3.31. The van der Waals surface area contributed by atoms with Gasteiger partial charge in [0.15, 0.2) is 16.6 Å². The van der Waals surface area contributed by atoms with Gasteiger partial charge >= 0.3 is 0 Å². The minimum absolute atomic E-state index is 0.0372. The molecule has 27 heavy (non-hydrogen) atoms. The lowest BCUT2D eigenvalue weighted by atomic mass is 9.97. The van der Waals surface area contributed by atoms with Crippen LogP contribution in [0.1, 0.15) is 45.8 Å². The molecule has 1 aromatic rings. The third kappa shape index (κ3) is 5.23. The summed E-state index contributed by atoms with van der Waals surface area (Å²) in [5, 5.41) is 10.8. The predicted octanol–water partition coefficient (Wildman–Crippen LogP) is 2.51. The van der Waals surface area contributed by atoms with E-state index in [9.17, 15) is 14.3 Å². The molecule has 1 fully saturated rings. The average molecular weight is 405 g/mol. The van der Waals surface area contributed by atoms with Crippen LogP contribution in [-0.4, -0.2) is 59.0 Å². The molecule has 154 valence electrons. The number of nitrogens with one attached hydrogen (secondary N) is 1. The van der Waals surface area contributed by atoms with Crippen molar-refractivity contribution in [2.75, 3.05) is 26.5 Å². The monoisotopic (exact) mass is 404 g/mol. The van der Waals surface area contributed by atoms with Gasteiger partial charge in [0.2, 0.25) is 0 Å². The fraction of sp³-hybridized carbons (Fsp3) is 0.778. The molecule has 2 N–H and O–H groups in total. The molecule has 1 aliphatic heterocycles. The van der Waals surface area contributed by atoms with Crippen LogP contribution >= 0.6 is 12.2 Å². The molecular weight excluding hydrogens is 375 g/mol. The second-order valence-corrected chi connectivity index (χ2v) is 7.15. The highest BCUT2D eigenvalue weighted by Gasteiger charge is 2.56. The SMILES string of the molecule is CCCCOC[C@@]1(CF)O[C@@H](n2ccc(=O)[nH]c2=S)C(O)[C@@H]1OCCCC. The van der Waals surface area contributed by atoms with Gasteiger partial charge in [0.1, 0.15) is 18.9 Å². The van der Waals surface area contributed by atoms with E-state index in [-0.39, 0.29) is 16.9 Å². The van der Waals surface area contributed by atoms with Crippen molar-refractivity contribution in [2.45, 2.75) is 63.6 Å². The average Bonchev–Trinajstić information content (AvgIpc) is 2.92. The van der Waals surface area contributed by atoms with Crippen molar-refractivity contribution in [1.82, 2.24) is 9.55 Å². The van der Waals surface area contributed by atoms with Crippen LogP contribution in [0.15, 0.2) is 17.1 Å². The number of aliphatic hydroxyl groups excluding tert-OH is 1. The van der Waals surface area contributed by atoms with Gasteiger partial charge in [-0.25, -0.2) is 4.39 Å². The lowest BCUT2D eigenvalue weighted by molar-refractivity contribution is -0.160. The number of nitrogens with zero attached hydrogens (tertiary/aromatic N) is 1.